The first kappa shape index (κ1) is 26.1. The number of nitrogens with zero attached hydrogens (tertiary/aromatic N) is 4. The summed E-state index contributed by atoms with van der Waals surface area (Å²) in [6.07, 6.45) is 0. The zero-order chi connectivity index (χ0) is 26.9. The summed E-state index contributed by atoms with van der Waals surface area (Å²) >= 11 is 9.43. The van der Waals surface area contributed by atoms with E-state index in [0.717, 1.165) is 33.6 Å². The number of rotatable bonds is 5. The van der Waals surface area contributed by atoms with E-state index in [9.17, 15) is 9.59 Å². The van der Waals surface area contributed by atoms with Gasteiger partial charge in [0.15, 0.2) is 0 Å². The molecule has 0 radical (unpaired) electrons. The molecule has 39 heavy (non-hydrogen) atoms. The zero-order valence-electron chi connectivity index (χ0n) is 21.4. The summed E-state index contributed by atoms with van der Waals surface area (Å²) in [6.45, 7) is 4.03. The molecule has 1 saturated heterocycles. The van der Waals surface area contributed by atoms with Crippen molar-refractivity contribution in [1.82, 2.24) is 14.7 Å². The SMILES string of the molecule is Cc1ccc(-n2nc(-c3ccc(Cl)cc3)c3c2N(CC(=O)N2CCOCC2)C(=O)CS[C@@H]3c2ccsc2)cc1. The Hall–Kier alpha value is -3.11. The smallest absolute Gasteiger partial charge is 0.242 e. The Labute approximate surface area is 240 Å². The van der Waals surface area contributed by atoms with Crippen LogP contribution in [-0.2, 0) is 14.3 Å². The van der Waals surface area contributed by atoms with Gasteiger partial charge >= 0.3 is 0 Å². The van der Waals surface area contributed by atoms with Crippen LogP contribution in [0.4, 0.5) is 5.82 Å². The van der Waals surface area contributed by atoms with E-state index < -0.39 is 0 Å². The second-order valence-corrected chi connectivity index (χ2v) is 11.9. The minimum absolute atomic E-state index is 0.0552. The molecule has 0 N–H and O–H groups in total. The largest absolute Gasteiger partial charge is 0.378 e. The average molecular weight is 579 g/mol. The molecule has 4 heterocycles. The number of thioether (sulfide) groups is 1. The number of hydrogen-bond donors (Lipinski definition) is 0. The van der Waals surface area contributed by atoms with Crippen molar-refractivity contribution < 1.29 is 14.3 Å². The molecule has 1 atom stereocenters. The molecule has 4 aromatic rings. The van der Waals surface area contributed by atoms with Gasteiger partial charge in [0.2, 0.25) is 11.8 Å². The molecule has 7 nitrogen and oxygen atoms in total. The van der Waals surface area contributed by atoms with E-state index in [-0.39, 0.29) is 29.4 Å². The van der Waals surface area contributed by atoms with Crippen molar-refractivity contribution in [2.75, 3.05) is 43.5 Å². The molecule has 2 aromatic carbocycles. The van der Waals surface area contributed by atoms with Gasteiger partial charge in [0.25, 0.3) is 0 Å². The van der Waals surface area contributed by atoms with Gasteiger partial charge in [-0.25, -0.2) is 4.68 Å². The lowest BCUT2D eigenvalue weighted by Gasteiger charge is -2.30. The Balaban J connectivity index is 1.57. The van der Waals surface area contributed by atoms with Crippen LogP contribution >= 0.6 is 34.7 Å². The van der Waals surface area contributed by atoms with Crippen molar-refractivity contribution >= 4 is 52.3 Å². The quantitative estimate of drug-likeness (QED) is 0.309. The topological polar surface area (TPSA) is 67.7 Å². The van der Waals surface area contributed by atoms with Gasteiger partial charge in [0, 0.05) is 29.2 Å². The van der Waals surface area contributed by atoms with E-state index in [1.807, 2.05) is 65.5 Å². The Morgan fingerprint density at radius 3 is 2.51 bits per heavy atom. The number of carbonyl (C=O) groups is 2. The summed E-state index contributed by atoms with van der Waals surface area (Å²) < 4.78 is 7.27. The fraction of sp³-hybridized carbons (Fsp3) is 0.276. The van der Waals surface area contributed by atoms with Crippen LogP contribution < -0.4 is 4.90 Å². The number of morpholine rings is 1. The van der Waals surface area contributed by atoms with Crippen LogP contribution in [0.1, 0.15) is 21.9 Å². The lowest BCUT2D eigenvalue weighted by molar-refractivity contribution is -0.134. The molecule has 1 fully saturated rings. The average Bonchev–Trinajstić information content (AvgIpc) is 3.60. The lowest BCUT2D eigenvalue weighted by atomic mass is 10.0. The second-order valence-electron chi connectivity index (χ2n) is 9.56. The molecule has 200 valence electrons. The molecule has 0 bridgehead atoms. The van der Waals surface area contributed by atoms with Crippen LogP contribution in [-0.4, -0.2) is 65.1 Å². The van der Waals surface area contributed by atoms with Gasteiger partial charge in [-0.2, -0.15) is 16.4 Å². The van der Waals surface area contributed by atoms with E-state index in [1.165, 1.54) is 0 Å². The van der Waals surface area contributed by atoms with Crippen LogP contribution in [0.25, 0.3) is 16.9 Å². The first-order chi connectivity index (χ1) is 19.0. The van der Waals surface area contributed by atoms with Crippen molar-refractivity contribution in [1.29, 1.82) is 0 Å². The summed E-state index contributed by atoms with van der Waals surface area (Å²) in [7, 11) is 0. The number of aromatic nitrogens is 2. The van der Waals surface area contributed by atoms with Crippen molar-refractivity contribution in [3.05, 3.63) is 87.1 Å². The number of benzene rings is 2. The van der Waals surface area contributed by atoms with Crippen LogP contribution in [0.2, 0.25) is 5.02 Å². The number of aryl methyl sites for hydroxylation is 1. The normalized spacial score (nSPS) is 17.7. The Morgan fingerprint density at radius 2 is 1.82 bits per heavy atom. The maximum atomic E-state index is 13.8. The molecule has 2 aliphatic rings. The van der Waals surface area contributed by atoms with E-state index in [4.69, 9.17) is 21.4 Å². The van der Waals surface area contributed by atoms with E-state index in [2.05, 4.69) is 11.4 Å². The fourth-order valence-corrected chi connectivity index (χ4v) is 7.03. The van der Waals surface area contributed by atoms with Crippen LogP contribution in [0.3, 0.4) is 0 Å². The molecule has 0 saturated carbocycles. The maximum Gasteiger partial charge on any atom is 0.242 e. The van der Waals surface area contributed by atoms with Crippen molar-refractivity contribution in [2.24, 2.45) is 0 Å². The van der Waals surface area contributed by atoms with E-state index >= 15 is 0 Å². The van der Waals surface area contributed by atoms with Crippen molar-refractivity contribution in [3.63, 3.8) is 0 Å². The molecule has 0 aliphatic carbocycles. The van der Waals surface area contributed by atoms with Gasteiger partial charge in [0.1, 0.15) is 12.4 Å². The maximum absolute atomic E-state index is 13.8. The summed E-state index contributed by atoms with van der Waals surface area (Å²) in [5.41, 5.74) is 5.64. The molecule has 6 rings (SSSR count). The predicted molar refractivity (Wildman–Crippen MR) is 157 cm³/mol. The summed E-state index contributed by atoms with van der Waals surface area (Å²) in [5, 5.41) is 9.80. The summed E-state index contributed by atoms with van der Waals surface area (Å²) in [5.74, 6) is 0.675. The zero-order valence-corrected chi connectivity index (χ0v) is 23.8. The lowest BCUT2D eigenvalue weighted by Crippen LogP contribution is -2.48. The monoisotopic (exact) mass is 578 g/mol. The van der Waals surface area contributed by atoms with Crippen molar-refractivity contribution in [3.8, 4) is 16.9 Å². The minimum Gasteiger partial charge on any atom is -0.378 e. The second kappa shape index (κ2) is 11.2. The van der Waals surface area contributed by atoms with Crippen LogP contribution in [0.15, 0.2) is 65.4 Å². The third-order valence-electron chi connectivity index (χ3n) is 6.99. The fourth-order valence-electron chi connectivity index (χ4n) is 4.94. The number of hydrogen-bond acceptors (Lipinski definition) is 6. The van der Waals surface area contributed by atoms with Gasteiger partial charge in [-0.1, -0.05) is 41.4 Å². The molecular formula is C29H27ClN4O3S2. The summed E-state index contributed by atoms with van der Waals surface area (Å²) in [6, 6.07) is 17.8. The number of halogens is 1. The Morgan fingerprint density at radius 1 is 1.08 bits per heavy atom. The third kappa shape index (κ3) is 5.24. The highest BCUT2D eigenvalue weighted by molar-refractivity contribution is 8.00. The van der Waals surface area contributed by atoms with Gasteiger partial charge in [-0.3, -0.25) is 14.5 Å². The van der Waals surface area contributed by atoms with Crippen LogP contribution in [0.5, 0.6) is 0 Å². The number of fused-ring (bicyclic) bond motifs is 1. The molecule has 10 heteroatoms. The third-order valence-corrected chi connectivity index (χ3v) is 9.20. The molecule has 2 amide bonds. The molecular weight excluding hydrogens is 552 g/mol. The van der Waals surface area contributed by atoms with Gasteiger partial charge in [-0.05, 0) is 53.6 Å². The van der Waals surface area contributed by atoms with Crippen LogP contribution in [0, 0.1) is 6.92 Å². The molecule has 0 spiro atoms. The standard InChI is InChI=1S/C29H27ClN4O3S2/c1-19-2-8-23(9-3-19)34-29-26(27(31-34)20-4-6-22(30)7-5-20)28(21-10-15-38-17-21)39-18-25(36)33(29)16-24(35)32-11-13-37-14-12-32/h2-10,15,17,28H,11-14,16,18H2,1H3/t28-/m1/s1. The highest BCUT2D eigenvalue weighted by atomic mass is 35.5. The van der Waals surface area contributed by atoms with E-state index in [1.54, 1.807) is 32.9 Å². The predicted octanol–water partition coefficient (Wildman–Crippen LogP) is 5.59. The Kier molecular flexibility index (Phi) is 7.49. The highest BCUT2D eigenvalue weighted by Gasteiger charge is 2.38. The number of carbonyl (C=O) groups excluding carboxylic acids is 2. The number of thiophene rings is 1. The minimum atomic E-state index is -0.136. The number of amides is 2. The molecule has 2 aliphatic heterocycles. The van der Waals surface area contributed by atoms with Gasteiger partial charge in [0.05, 0.1) is 35.6 Å². The summed E-state index contributed by atoms with van der Waals surface area (Å²) in [4.78, 5) is 30.7. The highest BCUT2D eigenvalue weighted by Crippen LogP contribution is 2.49. The van der Waals surface area contributed by atoms with Gasteiger partial charge < -0.3 is 9.64 Å². The Bertz CT molecular complexity index is 1480. The number of ether oxygens (including phenoxy) is 1. The van der Waals surface area contributed by atoms with Gasteiger partial charge in [-0.15, -0.1) is 11.8 Å². The van der Waals surface area contributed by atoms with E-state index in [0.29, 0.717) is 37.1 Å². The first-order valence-electron chi connectivity index (χ1n) is 12.7. The number of anilines is 1. The molecule has 2 aromatic heterocycles. The van der Waals surface area contributed by atoms with Crippen molar-refractivity contribution in [2.45, 2.75) is 12.2 Å². The first-order valence-corrected chi connectivity index (χ1v) is 15.1. The molecule has 0 unspecified atom stereocenters.